The van der Waals surface area contributed by atoms with E-state index in [0.717, 1.165) is 76.9 Å². The van der Waals surface area contributed by atoms with Crippen molar-refractivity contribution in [2.75, 3.05) is 0 Å². The Morgan fingerprint density at radius 2 is 1.10 bits per heavy atom. The molecule has 0 N–H and O–H groups in total. The van der Waals surface area contributed by atoms with Crippen LogP contribution in [-0.2, 0) is 0 Å². The van der Waals surface area contributed by atoms with Crippen LogP contribution in [0.5, 0.6) is 0 Å². The normalized spacial score (nSPS) is 11.7. The molecular formula is C47H26N4O. The van der Waals surface area contributed by atoms with E-state index in [1.54, 1.807) is 0 Å². The Labute approximate surface area is 298 Å². The quantitative estimate of drug-likeness (QED) is 0.188. The fourth-order valence-corrected chi connectivity index (χ4v) is 7.61. The molecule has 11 rings (SSSR count). The highest BCUT2D eigenvalue weighted by molar-refractivity contribution is 6.18. The summed E-state index contributed by atoms with van der Waals surface area (Å²) >= 11 is 0. The summed E-state index contributed by atoms with van der Waals surface area (Å²) in [5.41, 5.74) is 7.41. The summed E-state index contributed by atoms with van der Waals surface area (Å²) in [6, 6.07) is 60.8. The van der Waals surface area contributed by atoms with Crippen molar-refractivity contribution in [3.05, 3.63) is 170 Å². The van der Waals surface area contributed by atoms with E-state index in [1.807, 2.05) is 84.9 Å². The van der Waals surface area contributed by atoms with Gasteiger partial charge < -0.3 is 8.98 Å². The molecule has 0 amide bonds. The van der Waals surface area contributed by atoms with E-state index in [9.17, 15) is 0 Å². The van der Waals surface area contributed by atoms with Gasteiger partial charge in [0.1, 0.15) is 11.2 Å². The molecule has 0 aliphatic rings. The first-order valence-electron chi connectivity index (χ1n) is 17.3. The highest BCUT2D eigenvalue weighted by atomic mass is 16.3. The SMILES string of the molecule is c1ccc2cc3c(cc2c#1)c1cc2ccccc2cc1n3-c1cc(-c2nc(-c3ccccc3)nc(-c3ccccc3)n2)c2c(c1)oc1ccccc12. The number of para-hydroxylation sites is 1. The van der Waals surface area contributed by atoms with Crippen molar-refractivity contribution in [3.63, 3.8) is 0 Å². The van der Waals surface area contributed by atoms with E-state index in [2.05, 4.69) is 89.5 Å². The van der Waals surface area contributed by atoms with Crippen LogP contribution in [-0.4, -0.2) is 19.5 Å². The van der Waals surface area contributed by atoms with Gasteiger partial charge in [0.25, 0.3) is 0 Å². The monoisotopic (exact) mass is 662 g/mol. The third-order valence-corrected chi connectivity index (χ3v) is 10.0. The highest BCUT2D eigenvalue weighted by Gasteiger charge is 2.22. The molecule has 0 radical (unpaired) electrons. The van der Waals surface area contributed by atoms with Crippen LogP contribution in [0.2, 0.25) is 0 Å². The van der Waals surface area contributed by atoms with Gasteiger partial charge in [-0.2, -0.15) is 0 Å². The number of fused-ring (bicyclic) bond motifs is 8. The van der Waals surface area contributed by atoms with E-state index in [0.29, 0.717) is 17.5 Å². The fourth-order valence-electron chi connectivity index (χ4n) is 7.61. The van der Waals surface area contributed by atoms with Gasteiger partial charge in [0.15, 0.2) is 17.5 Å². The standard InChI is InChI=1S/C47H26N4O/c1-3-13-29(14-4-1)45-48-46(30-15-5-2-6-16-30)50-47(49-45)39-27-35(28-43-44(39)36-21-11-12-22-42(36)52-43)51-40-25-33-19-9-7-17-31(33)23-37(40)38-24-32-18-8-10-20-34(32)26-41(38)51/h1-7,9-17,19-28H. The van der Waals surface area contributed by atoms with Gasteiger partial charge in [-0.3, -0.25) is 0 Å². The molecule has 0 spiro atoms. The first-order chi connectivity index (χ1) is 25.7. The van der Waals surface area contributed by atoms with Crippen LogP contribution >= 0.6 is 0 Å². The molecule has 11 aromatic rings. The van der Waals surface area contributed by atoms with Crippen molar-refractivity contribution in [2.24, 2.45) is 0 Å². The molecule has 52 heavy (non-hydrogen) atoms. The Bertz CT molecular complexity index is 3030. The summed E-state index contributed by atoms with van der Waals surface area (Å²) in [6.07, 6.45) is 0. The Morgan fingerprint density at radius 3 is 1.85 bits per heavy atom. The molecule has 0 atom stereocenters. The molecule has 3 aromatic heterocycles. The lowest BCUT2D eigenvalue weighted by molar-refractivity contribution is 0.668. The number of hydrogen-bond donors (Lipinski definition) is 0. The average Bonchev–Trinajstić information content (AvgIpc) is 3.73. The largest absolute Gasteiger partial charge is 0.456 e. The molecule has 0 bridgehead atoms. The van der Waals surface area contributed by atoms with Crippen molar-refractivity contribution < 1.29 is 4.42 Å². The molecule has 8 aromatic carbocycles. The van der Waals surface area contributed by atoms with Crippen LogP contribution in [0.25, 0.3) is 105 Å². The minimum absolute atomic E-state index is 0.577. The minimum atomic E-state index is 0.577. The zero-order valence-electron chi connectivity index (χ0n) is 27.7. The molecule has 0 aliphatic carbocycles. The maximum Gasteiger partial charge on any atom is 0.164 e. The lowest BCUT2D eigenvalue weighted by Gasteiger charge is -2.13. The zero-order valence-corrected chi connectivity index (χ0v) is 27.7. The van der Waals surface area contributed by atoms with Crippen molar-refractivity contribution in [1.82, 2.24) is 19.5 Å². The third-order valence-electron chi connectivity index (χ3n) is 10.0. The van der Waals surface area contributed by atoms with Crippen LogP contribution in [0.15, 0.2) is 162 Å². The summed E-state index contributed by atoms with van der Waals surface area (Å²) < 4.78 is 9.00. The maximum absolute atomic E-state index is 6.65. The molecule has 5 nitrogen and oxygen atoms in total. The van der Waals surface area contributed by atoms with Crippen LogP contribution in [0.3, 0.4) is 0 Å². The van der Waals surface area contributed by atoms with Gasteiger partial charge in [-0.05, 0) is 64.7 Å². The maximum atomic E-state index is 6.65. The zero-order chi connectivity index (χ0) is 34.2. The second-order valence-corrected chi connectivity index (χ2v) is 13.1. The van der Waals surface area contributed by atoms with Gasteiger partial charge in [0.05, 0.1) is 16.7 Å². The third kappa shape index (κ3) is 4.42. The summed E-state index contributed by atoms with van der Waals surface area (Å²) in [5, 5.41) is 8.78. The first kappa shape index (κ1) is 28.5. The van der Waals surface area contributed by atoms with Crippen molar-refractivity contribution in [1.29, 1.82) is 0 Å². The second-order valence-electron chi connectivity index (χ2n) is 13.1. The number of rotatable bonds is 4. The molecule has 5 heteroatoms. The smallest absolute Gasteiger partial charge is 0.164 e. The topological polar surface area (TPSA) is 56.7 Å². The molecule has 0 aliphatic heterocycles. The van der Waals surface area contributed by atoms with Crippen LogP contribution in [0.1, 0.15) is 0 Å². The highest BCUT2D eigenvalue weighted by Crippen LogP contribution is 2.42. The number of aromatic nitrogens is 4. The van der Waals surface area contributed by atoms with E-state index >= 15 is 0 Å². The first-order valence-corrected chi connectivity index (χ1v) is 17.3. The molecule has 0 fully saturated rings. The summed E-state index contributed by atoms with van der Waals surface area (Å²) in [5.74, 6) is 1.80. The summed E-state index contributed by atoms with van der Waals surface area (Å²) in [6.45, 7) is 0. The van der Waals surface area contributed by atoms with E-state index in [1.165, 1.54) is 10.8 Å². The van der Waals surface area contributed by atoms with E-state index < -0.39 is 0 Å². The lowest BCUT2D eigenvalue weighted by Crippen LogP contribution is -2.01. The molecule has 0 unspecified atom stereocenters. The van der Waals surface area contributed by atoms with Gasteiger partial charge in [-0.1, -0.05) is 115 Å². The van der Waals surface area contributed by atoms with Crippen LogP contribution in [0, 0.1) is 12.1 Å². The van der Waals surface area contributed by atoms with Crippen LogP contribution < -0.4 is 0 Å². The summed E-state index contributed by atoms with van der Waals surface area (Å²) in [7, 11) is 0. The Kier molecular flexibility index (Phi) is 6.10. The fraction of sp³-hybridized carbons (Fsp3) is 0. The second kappa shape index (κ2) is 11.1. The Morgan fingerprint density at radius 1 is 0.481 bits per heavy atom. The number of nitrogens with zero attached hydrogens (tertiary/aromatic N) is 4. The number of hydrogen-bond acceptors (Lipinski definition) is 4. The number of furan rings is 1. The molecule has 240 valence electrons. The van der Waals surface area contributed by atoms with Crippen molar-refractivity contribution >= 4 is 65.3 Å². The van der Waals surface area contributed by atoms with Crippen molar-refractivity contribution in [3.8, 4) is 39.9 Å². The predicted molar refractivity (Wildman–Crippen MR) is 210 cm³/mol. The predicted octanol–water partition coefficient (Wildman–Crippen LogP) is 11.8. The van der Waals surface area contributed by atoms with Gasteiger partial charge in [0, 0.05) is 49.7 Å². The van der Waals surface area contributed by atoms with Gasteiger partial charge in [-0.15, -0.1) is 0 Å². The Hall–Kier alpha value is -7.29. The lowest BCUT2D eigenvalue weighted by atomic mass is 10.0. The van der Waals surface area contributed by atoms with Crippen molar-refractivity contribution in [2.45, 2.75) is 0 Å². The Balaban J connectivity index is 1.27. The van der Waals surface area contributed by atoms with E-state index in [-0.39, 0.29) is 0 Å². The van der Waals surface area contributed by atoms with Gasteiger partial charge in [-0.25, -0.2) is 15.0 Å². The molecule has 0 saturated carbocycles. The van der Waals surface area contributed by atoms with Crippen LogP contribution in [0.4, 0.5) is 0 Å². The molecular weight excluding hydrogens is 637 g/mol. The molecule has 0 saturated heterocycles. The minimum Gasteiger partial charge on any atom is -0.456 e. The van der Waals surface area contributed by atoms with Gasteiger partial charge in [0.2, 0.25) is 0 Å². The van der Waals surface area contributed by atoms with E-state index in [4.69, 9.17) is 19.4 Å². The van der Waals surface area contributed by atoms with Gasteiger partial charge >= 0.3 is 0 Å². The molecule has 3 heterocycles. The number of benzene rings is 7. The summed E-state index contributed by atoms with van der Waals surface area (Å²) in [4.78, 5) is 15.4. The average molecular weight is 663 g/mol.